The number of nitrogens with zero attached hydrogens (tertiary/aromatic N) is 1. The van der Waals surface area contributed by atoms with E-state index in [1.165, 1.54) is 11.8 Å². The Labute approximate surface area is 93.0 Å². The average Bonchev–Trinajstić information content (AvgIpc) is 2.46. The van der Waals surface area contributed by atoms with Gasteiger partial charge in [0.1, 0.15) is 5.25 Å². The number of hydrogen-bond donors (Lipinski definition) is 1. The second-order valence-corrected chi connectivity index (χ2v) is 5.24. The van der Waals surface area contributed by atoms with Crippen LogP contribution >= 0.6 is 0 Å². The van der Waals surface area contributed by atoms with Gasteiger partial charge >= 0.3 is 10.2 Å². The molecule has 0 aromatic rings. The molecule has 1 atom stereocenters. The van der Waals surface area contributed by atoms with Gasteiger partial charge in [0.25, 0.3) is 0 Å². The van der Waals surface area contributed by atoms with E-state index in [2.05, 4.69) is 5.32 Å². The van der Waals surface area contributed by atoms with E-state index in [4.69, 9.17) is 0 Å². The van der Waals surface area contributed by atoms with Gasteiger partial charge in [0.2, 0.25) is 11.8 Å². The van der Waals surface area contributed by atoms with Gasteiger partial charge in [0.05, 0.1) is 0 Å². The number of carbonyl (C=O) groups excluding carboxylic acids is 2. The van der Waals surface area contributed by atoms with Gasteiger partial charge in [0, 0.05) is 33.0 Å². The Kier molecular flexibility index (Phi) is 3.84. The van der Waals surface area contributed by atoms with Crippen molar-refractivity contribution < 1.29 is 21.9 Å². The second kappa shape index (κ2) is 4.77. The summed E-state index contributed by atoms with van der Waals surface area (Å²) in [6, 6.07) is 0. The number of likely N-dealkylation sites (tertiary alicyclic amines) is 1. The first-order valence-electron chi connectivity index (χ1n) is 4.76. The van der Waals surface area contributed by atoms with Crippen LogP contribution in [0.5, 0.6) is 0 Å². The minimum Gasteiger partial charge on any atom is -0.355 e. The normalized spacial score (nSPS) is 21.2. The predicted molar refractivity (Wildman–Crippen MR) is 53.7 cm³/mol. The van der Waals surface area contributed by atoms with Gasteiger partial charge in [-0.1, -0.05) is 0 Å². The highest BCUT2D eigenvalue weighted by Gasteiger charge is 2.37. The quantitative estimate of drug-likeness (QED) is 0.652. The fourth-order valence-electron chi connectivity index (χ4n) is 1.51. The topological polar surface area (TPSA) is 83.6 Å². The molecule has 0 aromatic carbocycles. The number of nitrogens with one attached hydrogen (secondary N) is 1. The molecule has 2 amide bonds. The van der Waals surface area contributed by atoms with Crippen molar-refractivity contribution in [2.45, 2.75) is 18.6 Å². The molecule has 1 rings (SSSR count). The van der Waals surface area contributed by atoms with E-state index in [9.17, 15) is 21.9 Å². The van der Waals surface area contributed by atoms with E-state index < -0.39 is 21.4 Å². The number of amides is 2. The van der Waals surface area contributed by atoms with E-state index in [0.717, 1.165) is 0 Å². The van der Waals surface area contributed by atoms with Crippen LogP contribution in [0.4, 0.5) is 3.89 Å². The van der Waals surface area contributed by atoms with Crippen LogP contribution < -0.4 is 5.32 Å². The summed E-state index contributed by atoms with van der Waals surface area (Å²) in [6.45, 7) is 1.63. The summed E-state index contributed by atoms with van der Waals surface area (Å²) in [5.41, 5.74) is 0. The molecule has 0 radical (unpaired) electrons. The number of halogens is 1. The molecule has 8 heteroatoms. The zero-order valence-electron chi connectivity index (χ0n) is 8.77. The molecule has 0 bridgehead atoms. The second-order valence-electron chi connectivity index (χ2n) is 3.62. The van der Waals surface area contributed by atoms with Crippen LogP contribution in [0.2, 0.25) is 0 Å². The first-order valence-corrected chi connectivity index (χ1v) is 6.21. The summed E-state index contributed by atoms with van der Waals surface area (Å²) in [5.74, 6) is -0.641. The molecular weight excluding hydrogens is 239 g/mol. The largest absolute Gasteiger partial charge is 0.355 e. The van der Waals surface area contributed by atoms with Crippen LogP contribution in [-0.4, -0.2) is 50.0 Å². The molecule has 16 heavy (non-hydrogen) atoms. The van der Waals surface area contributed by atoms with Crippen molar-refractivity contribution in [3.63, 3.8) is 0 Å². The summed E-state index contributed by atoms with van der Waals surface area (Å²) in [4.78, 5) is 23.1. The number of hydrogen-bond acceptors (Lipinski definition) is 4. The lowest BCUT2D eigenvalue weighted by Gasteiger charge is -2.15. The molecule has 92 valence electrons. The SMILES string of the molecule is CC(=O)NCCN1CC(S(=O)(=O)F)CC1=O. The minimum absolute atomic E-state index is 0.142. The first-order chi connectivity index (χ1) is 7.30. The van der Waals surface area contributed by atoms with E-state index in [0.29, 0.717) is 0 Å². The lowest BCUT2D eigenvalue weighted by Crippen LogP contribution is -2.35. The van der Waals surface area contributed by atoms with Gasteiger partial charge in [-0.2, -0.15) is 8.42 Å². The molecule has 1 saturated heterocycles. The Morgan fingerprint density at radius 3 is 2.69 bits per heavy atom. The van der Waals surface area contributed by atoms with Crippen molar-refractivity contribution in [3.8, 4) is 0 Å². The van der Waals surface area contributed by atoms with E-state index >= 15 is 0 Å². The van der Waals surface area contributed by atoms with Crippen molar-refractivity contribution in [3.05, 3.63) is 0 Å². The van der Waals surface area contributed by atoms with Gasteiger partial charge in [-0.05, 0) is 0 Å². The lowest BCUT2D eigenvalue weighted by molar-refractivity contribution is -0.128. The smallest absolute Gasteiger partial charge is 0.307 e. The van der Waals surface area contributed by atoms with Gasteiger partial charge in [-0.25, -0.2) is 0 Å². The summed E-state index contributed by atoms with van der Waals surface area (Å²) in [6.07, 6.45) is -0.321. The fourth-order valence-corrected chi connectivity index (χ4v) is 2.21. The Morgan fingerprint density at radius 2 is 2.25 bits per heavy atom. The van der Waals surface area contributed by atoms with Gasteiger partial charge in [-0.3, -0.25) is 9.59 Å². The van der Waals surface area contributed by atoms with Crippen LogP contribution in [-0.2, 0) is 19.8 Å². The Hall–Kier alpha value is -1.18. The zero-order valence-corrected chi connectivity index (χ0v) is 9.59. The average molecular weight is 252 g/mol. The number of carbonyl (C=O) groups is 2. The lowest BCUT2D eigenvalue weighted by atomic mass is 10.4. The summed E-state index contributed by atoms with van der Waals surface area (Å²) in [7, 11) is -4.66. The highest BCUT2D eigenvalue weighted by molar-refractivity contribution is 7.87. The van der Waals surface area contributed by atoms with Gasteiger partial charge < -0.3 is 10.2 Å². The van der Waals surface area contributed by atoms with Crippen LogP contribution in [0.25, 0.3) is 0 Å². The highest BCUT2D eigenvalue weighted by atomic mass is 32.3. The molecular formula is C8H13FN2O4S. The standard InChI is InChI=1S/C8H13FN2O4S/c1-6(12)10-2-3-11-5-7(4-8(11)13)16(9,14)15/h7H,2-5H2,1H3,(H,10,12). The molecule has 1 aliphatic heterocycles. The fraction of sp³-hybridized carbons (Fsp3) is 0.750. The van der Waals surface area contributed by atoms with Crippen LogP contribution in [0, 0.1) is 0 Å². The van der Waals surface area contributed by atoms with E-state index in [-0.39, 0.29) is 32.0 Å². The maximum absolute atomic E-state index is 12.6. The zero-order chi connectivity index (χ0) is 12.3. The maximum atomic E-state index is 12.6. The monoisotopic (exact) mass is 252 g/mol. The summed E-state index contributed by atoms with van der Waals surface area (Å²) in [5, 5.41) is 1.20. The van der Waals surface area contributed by atoms with E-state index in [1.807, 2.05) is 0 Å². The van der Waals surface area contributed by atoms with Gasteiger partial charge in [0.15, 0.2) is 0 Å². The Balaban J connectivity index is 2.46. The third-order valence-electron chi connectivity index (χ3n) is 2.33. The van der Waals surface area contributed by atoms with Crippen LogP contribution in [0.15, 0.2) is 0 Å². The predicted octanol–water partition coefficient (Wildman–Crippen LogP) is -0.977. The van der Waals surface area contributed by atoms with E-state index in [1.54, 1.807) is 0 Å². The van der Waals surface area contributed by atoms with Crippen molar-refractivity contribution >= 4 is 22.0 Å². The Morgan fingerprint density at radius 1 is 1.62 bits per heavy atom. The van der Waals surface area contributed by atoms with Crippen molar-refractivity contribution in [1.82, 2.24) is 10.2 Å². The van der Waals surface area contributed by atoms with Crippen molar-refractivity contribution in [2.24, 2.45) is 0 Å². The molecule has 0 saturated carbocycles. The molecule has 6 nitrogen and oxygen atoms in total. The minimum atomic E-state index is -4.66. The maximum Gasteiger partial charge on any atom is 0.307 e. The molecule has 1 fully saturated rings. The molecule has 1 unspecified atom stereocenters. The third-order valence-corrected chi connectivity index (χ3v) is 3.44. The van der Waals surface area contributed by atoms with Crippen molar-refractivity contribution in [2.75, 3.05) is 19.6 Å². The highest BCUT2D eigenvalue weighted by Crippen LogP contribution is 2.18. The molecule has 0 aliphatic carbocycles. The van der Waals surface area contributed by atoms with Crippen LogP contribution in [0.3, 0.4) is 0 Å². The molecule has 0 spiro atoms. The molecule has 1 aliphatic rings. The van der Waals surface area contributed by atoms with Crippen molar-refractivity contribution in [1.29, 1.82) is 0 Å². The molecule has 0 aromatic heterocycles. The molecule has 1 heterocycles. The first kappa shape index (κ1) is 12.9. The van der Waals surface area contributed by atoms with Crippen LogP contribution in [0.1, 0.15) is 13.3 Å². The number of rotatable bonds is 4. The third kappa shape index (κ3) is 3.44. The summed E-state index contributed by atoms with van der Waals surface area (Å²) >= 11 is 0. The Bertz CT molecular complexity index is 395. The van der Waals surface area contributed by atoms with Gasteiger partial charge in [-0.15, -0.1) is 3.89 Å². The molecule has 1 N–H and O–H groups in total. The summed E-state index contributed by atoms with van der Waals surface area (Å²) < 4.78 is 33.8.